The van der Waals surface area contributed by atoms with E-state index in [-0.39, 0.29) is 11.8 Å². The van der Waals surface area contributed by atoms with Gasteiger partial charge in [-0.25, -0.2) is 0 Å². The smallest absolute Gasteiger partial charge is 0.311 e. The number of carbonyl (C=O) groups is 3. The summed E-state index contributed by atoms with van der Waals surface area (Å²) in [5, 5.41) is 0. The molecular weight excluding hydrogens is 340 g/mol. The zero-order valence-corrected chi connectivity index (χ0v) is 16.7. The van der Waals surface area contributed by atoms with Crippen LogP contribution in [0.25, 0.3) is 0 Å². The highest BCUT2D eigenvalue weighted by atomic mass is 16.5. The molecule has 0 bridgehead atoms. The molecule has 1 aliphatic carbocycles. The van der Waals surface area contributed by atoms with E-state index in [1.165, 1.54) is 0 Å². The van der Waals surface area contributed by atoms with Crippen LogP contribution < -0.4 is 4.74 Å². The molecule has 1 saturated carbocycles. The summed E-state index contributed by atoms with van der Waals surface area (Å²) >= 11 is 0. The lowest BCUT2D eigenvalue weighted by Crippen LogP contribution is -2.18. The monoisotopic (exact) mass is 372 g/mol. The van der Waals surface area contributed by atoms with Crippen molar-refractivity contribution in [3.05, 3.63) is 29.8 Å². The van der Waals surface area contributed by atoms with Gasteiger partial charge in [0.25, 0.3) is 0 Å². The normalized spacial score (nSPS) is 19.5. The van der Waals surface area contributed by atoms with Crippen molar-refractivity contribution in [2.45, 2.75) is 78.1 Å². The predicted octanol–water partition coefficient (Wildman–Crippen LogP) is 5.53. The molecule has 0 aromatic heterocycles. The van der Waals surface area contributed by atoms with Gasteiger partial charge in [0.1, 0.15) is 11.5 Å². The first kappa shape index (κ1) is 21.3. The van der Waals surface area contributed by atoms with Gasteiger partial charge in [-0.15, -0.1) is 0 Å². The molecule has 0 aliphatic heterocycles. The Kier molecular flexibility index (Phi) is 8.70. The van der Waals surface area contributed by atoms with Crippen LogP contribution in [0, 0.1) is 11.8 Å². The number of Topliss-reactive ketones (excluding diaryl/α,β-unsaturated/α-hetero) is 2. The second kappa shape index (κ2) is 11.0. The van der Waals surface area contributed by atoms with Gasteiger partial charge in [-0.05, 0) is 61.8 Å². The lowest BCUT2D eigenvalue weighted by atomic mass is 9.77. The molecule has 0 atom stereocenters. The maximum Gasteiger partial charge on any atom is 0.311 e. The first-order chi connectivity index (χ1) is 13.0. The predicted molar refractivity (Wildman–Crippen MR) is 106 cm³/mol. The highest BCUT2D eigenvalue weighted by molar-refractivity contribution is 5.96. The third-order valence-electron chi connectivity index (χ3n) is 5.53. The van der Waals surface area contributed by atoms with Crippen molar-refractivity contribution >= 4 is 17.5 Å². The van der Waals surface area contributed by atoms with Crippen molar-refractivity contribution < 1.29 is 19.1 Å². The number of esters is 1. The highest BCUT2D eigenvalue weighted by Crippen LogP contribution is 2.34. The van der Waals surface area contributed by atoms with Gasteiger partial charge in [-0.3, -0.25) is 14.4 Å². The van der Waals surface area contributed by atoms with Crippen molar-refractivity contribution in [3.8, 4) is 5.75 Å². The van der Waals surface area contributed by atoms with Gasteiger partial charge in [0, 0.05) is 31.2 Å². The maximum atomic E-state index is 12.5. The van der Waals surface area contributed by atoms with Gasteiger partial charge < -0.3 is 4.74 Å². The summed E-state index contributed by atoms with van der Waals surface area (Å²) in [7, 11) is 0. The van der Waals surface area contributed by atoms with E-state index < -0.39 is 0 Å². The number of hydrogen-bond acceptors (Lipinski definition) is 4. The van der Waals surface area contributed by atoms with Gasteiger partial charge in [0.05, 0.1) is 0 Å². The van der Waals surface area contributed by atoms with Crippen molar-refractivity contribution in [2.75, 3.05) is 0 Å². The second-order valence-corrected chi connectivity index (χ2v) is 7.69. The minimum Gasteiger partial charge on any atom is -0.427 e. The average molecular weight is 373 g/mol. The van der Waals surface area contributed by atoms with E-state index in [1.54, 1.807) is 24.3 Å². The Morgan fingerprint density at radius 1 is 0.926 bits per heavy atom. The van der Waals surface area contributed by atoms with E-state index in [1.807, 2.05) is 13.8 Å². The van der Waals surface area contributed by atoms with Gasteiger partial charge in [0.2, 0.25) is 0 Å². The molecule has 0 radical (unpaired) electrons. The van der Waals surface area contributed by atoms with E-state index in [0.717, 1.165) is 38.5 Å². The molecule has 0 N–H and O–H groups in total. The first-order valence-electron chi connectivity index (χ1n) is 10.4. The number of ether oxygens (including phenoxy) is 1. The molecular formula is C23H32O4. The molecule has 0 unspecified atom stereocenters. The number of carbonyl (C=O) groups excluding carboxylic acids is 3. The van der Waals surface area contributed by atoms with Crippen molar-refractivity contribution in [1.29, 1.82) is 0 Å². The Labute approximate surface area is 162 Å². The van der Waals surface area contributed by atoms with Crippen LogP contribution in [0.15, 0.2) is 24.3 Å². The minimum absolute atomic E-state index is 0.158. The molecule has 0 saturated heterocycles. The zero-order chi connectivity index (χ0) is 19.6. The van der Waals surface area contributed by atoms with E-state index >= 15 is 0 Å². The van der Waals surface area contributed by atoms with Crippen LogP contribution in [0.1, 0.15) is 88.4 Å². The maximum absolute atomic E-state index is 12.5. The summed E-state index contributed by atoms with van der Waals surface area (Å²) < 4.78 is 5.22. The van der Waals surface area contributed by atoms with Gasteiger partial charge in [-0.2, -0.15) is 0 Å². The Morgan fingerprint density at radius 3 is 2.15 bits per heavy atom. The van der Waals surface area contributed by atoms with Crippen molar-refractivity contribution in [2.24, 2.45) is 11.8 Å². The minimum atomic E-state index is -0.242. The number of ketones is 2. The van der Waals surface area contributed by atoms with Crippen LogP contribution in [0.2, 0.25) is 0 Å². The largest absolute Gasteiger partial charge is 0.427 e. The molecule has 1 fully saturated rings. The van der Waals surface area contributed by atoms with Crippen LogP contribution in [-0.4, -0.2) is 17.5 Å². The Bertz CT molecular complexity index is 624. The summed E-state index contributed by atoms with van der Waals surface area (Å²) in [6, 6.07) is 6.89. The van der Waals surface area contributed by atoms with Crippen molar-refractivity contribution in [1.82, 2.24) is 0 Å². The van der Waals surface area contributed by atoms with E-state index in [4.69, 9.17) is 4.74 Å². The average Bonchev–Trinajstić information content (AvgIpc) is 2.67. The Hall–Kier alpha value is -1.97. The molecule has 4 nitrogen and oxygen atoms in total. The summed E-state index contributed by atoms with van der Waals surface area (Å²) in [5.74, 6) is 1.85. The van der Waals surface area contributed by atoms with Crippen LogP contribution >= 0.6 is 0 Å². The molecule has 148 valence electrons. The third kappa shape index (κ3) is 7.28. The quantitative estimate of drug-likeness (QED) is 0.308. The fourth-order valence-electron chi connectivity index (χ4n) is 3.74. The van der Waals surface area contributed by atoms with Gasteiger partial charge in [-0.1, -0.05) is 26.7 Å². The summed E-state index contributed by atoms with van der Waals surface area (Å²) in [4.78, 5) is 35.5. The highest BCUT2D eigenvalue weighted by Gasteiger charge is 2.23. The number of rotatable bonds is 10. The van der Waals surface area contributed by atoms with E-state index in [9.17, 15) is 14.4 Å². The van der Waals surface area contributed by atoms with Crippen LogP contribution in [-0.2, 0) is 9.59 Å². The Morgan fingerprint density at radius 2 is 1.56 bits per heavy atom. The molecule has 2 rings (SSSR count). The lowest BCUT2D eigenvalue weighted by molar-refractivity contribution is -0.134. The molecule has 4 heteroatoms. The van der Waals surface area contributed by atoms with Crippen LogP contribution in [0.4, 0.5) is 0 Å². The molecule has 0 amide bonds. The molecule has 1 aliphatic rings. The number of hydrogen-bond donors (Lipinski definition) is 0. The Balaban J connectivity index is 1.75. The van der Waals surface area contributed by atoms with E-state index in [2.05, 4.69) is 0 Å². The topological polar surface area (TPSA) is 60.4 Å². The molecule has 27 heavy (non-hydrogen) atoms. The second-order valence-electron chi connectivity index (χ2n) is 7.69. The fraction of sp³-hybridized carbons (Fsp3) is 0.609. The molecule has 1 aromatic carbocycles. The lowest BCUT2D eigenvalue weighted by Gasteiger charge is -2.28. The third-order valence-corrected chi connectivity index (χ3v) is 5.53. The van der Waals surface area contributed by atoms with Crippen molar-refractivity contribution in [3.63, 3.8) is 0 Å². The zero-order valence-electron chi connectivity index (χ0n) is 16.7. The fourth-order valence-corrected chi connectivity index (χ4v) is 3.74. The first-order valence-corrected chi connectivity index (χ1v) is 10.4. The molecule has 1 aromatic rings. The SMILES string of the molecule is CCCC(=O)Oc1ccc(C(=O)C[C@H]2CC[C@H](CCC(=O)CC)CC2)cc1. The van der Waals surface area contributed by atoms with E-state index in [0.29, 0.717) is 54.6 Å². The molecule has 0 spiro atoms. The summed E-state index contributed by atoms with van der Waals surface area (Å²) in [5.41, 5.74) is 0.681. The van der Waals surface area contributed by atoms with Gasteiger partial charge in [0.15, 0.2) is 5.78 Å². The summed E-state index contributed by atoms with van der Waals surface area (Å²) in [6.45, 7) is 3.85. The van der Waals surface area contributed by atoms with Gasteiger partial charge >= 0.3 is 5.97 Å². The van der Waals surface area contributed by atoms with Crippen LogP contribution in [0.5, 0.6) is 5.75 Å². The molecule has 0 heterocycles. The van der Waals surface area contributed by atoms with Crippen LogP contribution in [0.3, 0.4) is 0 Å². The summed E-state index contributed by atoms with van der Waals surface area (Å²) in [6.07, 6.45) is 8.49. The standard InChI is InChI=1S/C23H32O4/c1-3-5-23(26)27-21-14-11-19(12-15-21)22(25)16-18-8-6-17(7-9-18)10-13-20(24)4-2/h11-12,14-15,17-18H,3-10,13,16H2,1-2H3/t17-,18-. The number of benzene rings is 1.